The lowest BCUT2D eigenvalue weighted by Gasteiger charge is -2.11. The van der Waals surface area contributed by atoms with Gasteiger partial charge in [-0.05, 0) is 59.1 Å². The minimum absolute atomic E-state index is 0.0865. The number of anilines is 1. The molecule has 2 aromatic carbocycles. The molecule has 21 heavy (non-hydrogen) atoms. The number of halogens is 2. The molecule has 6 heteroatoms. The van der Waals surface area contributed by atoms with Gasteiger partial charge in [0.1, 0.15) is 5.82 Å². The van der Waals surface area contributed by atoms with Crippen LogP contribution in [0.1, 0.15) is 16.7 Å². The van der Waals surface area contributed by atoms with Gasteiger partial charge in [0.15, 0.2) is 0 Å². The van der Waals surface area contributed by atoms with E-state index in [0.717, 1.165) is 11.1 Å². The first-order valence-corrected chi connectivity index (χ1v) is 7.11. The third kappa shape index (κ3) is 3.58. The van der Waals surface area contributed by atoms with Crippen molar-refractivity contribution in [1.29, 1.82) is 0 Å². The van der Waals surface area contributed by atoms with Crippen molar-refractivity contribution >= 4 is 27.3 Å². The molecule has 2 rings (SSSR count). The fourth-order valence-electron chi connectivity index (χ4n) is 2.07. The molecule has 1 N–H and O–H groups in total. The maximum absolute atomic E-state index is 13.2. The van der Waals surface area contributed by atoms with Crippen molar-refractivity contribution in [3.05, 3.63) is 67.4 Å². The Bertz CT molecular complexity index is 704. The molecule has 0 aliphatic heterocycles. The largest absolute Gasteiger partial charge is 0.381 e. The normalized spacial score (nSPS) is 10.5. The van der Waals surface area contributed by atoms with E-state index in [-0.39, 0.29) is 11.5 Å². The molecule has 0 heterocycles. The van der Waals surface area contributed by atoms with Gasteiger partial charge in [-0.25, -0.2) is 4.39 Å². The summed E-state index contributed by atoms with van der Waals surface area (Å²) >= 11 is 3.13. The van der Waals surface area contributed by atoms with Crippen LogP contribution in [0.4, 0.5) is 15.8 Å². The third-order valence-corrected chi connectivity index (χ3v) is 3.81. The summed E-state index contributed by atoms with van der Waals surface area (Å²) in [6.07, 6.45) is 0. The highest BCUT2D eigenvalue weighted by molar-refractivity contribution is 9.10. The number of nitrogens with one attached hydrogen (secondary N) is 1. The van der Waals surface area contributed by atoms with Crippen molar-refractivity contribution in [2.45, 2.75) is 20.4 Å². The Morgan fingerprint density at radius 3 is 2.57 bits per heavy atom. The lowest BCUT2D eigenvalue weighted by Crippen LogP contribution is -2.03. The van der Waals surface area contributed by atoms with Crippen LogP contribution in [0.2, 0.25) is 0 Å². The quantitative estimate of drug-likeness (QED) is 0.639. The van der Waals surface area contributed by atoms with Crippen molar-refractivity contribution in [1.82, 2.24) is 0 Å². The van der Waals surface area contributed by atoms with E-state index in [4.69, 9.17) is 0 Å². The molecular weight excluding hydrogens is 339 g/mol. The predicted octanol–water partition coefficient (Wildman–Crippen LogP) is 4.73. The molecule has 0 aliphatic carbocycles. The van der Waals surface area contributed by atoms with Crippen LogP contribution in [0.15, 0.2) is 34.8 Å². The lowest BCUT2D eigenvalue weighted by molar-refractivity contribution is -0.385. The summed E-state index contributed by atoms with van der Waals surface area (Å²) < 4.78 is 13.6. The number of rotatable bonds is 4. The number of nitrogens with zero attached hydrogens (tertiary/aromatic N) is 1. The predicted molar refractivity (Wildman–Crippen MR) is 84.0 cm³/mol. The molecule has 0 saturated heterocycles. The summed E-state index contributed by atoms with van der Waals surface area (Å²) in [7, 11) is 0. The SMILES string of the molecule is Cc1cc(C)c([N+](=O)[O-])cc1NCc1ccc(F)c(Br)c1. The first-order valence-electron chi connectivity index (χ1n) is 6.32. The number of nitro groups is 1. The van der Waals surface area contributed by atoms with Gasteiger partial charge >= 0.3 is 0 Å². The van der Waals surface area contributed by atoms with Crippen LogP contribution in [0.25, 0.3) is 0 Å². The first-order chi connectivity index (χ1) is 9.88. The van der Waals surface area contributed by atoms with Crippen LogP contribution in [0.5, 0.6) is 0 Å². The molecule has 110 valence electrons. The fourth-order valence-corrected chi connectivity index (χ4v) is 2.50. The number of hydrogen-bond acceptors (Lipinski definition) is 3. The van der Waals surface area contributed by atoms with Gasteiger partial charge in [-0.1, -0.05) is 6.07 Å². The number of benzene rings is 2. The maximum atomic E-state index is 13.2. The topological polar surface area (TPSA) is 55.2 Å². The summed E-state index contributed by atoms with van der Waals surface area (Å²) in [5, 5.41) is 14.1. The standard InChI is InChI=1S/C15H14BrFN2O2/c1-9-5-10(2)15(19(20)21)7-14(9)18-8-11-3-4-13(17)12(16)6-11/h3-7,18H,8H2,1-2H3. The van der Waals surface area contributed by atoms with E-state index in [0.29, 0.717) is 22.3 Å². The second kappa shape index (κ2) is 6.22. The van der Waals surface area contributed by atoms with Gasteiger partial charge in [-0.2, -0.15) is 0 Å². The number of aryl methyl sites for hydroxylation is 2. The van der Waals surface area contributed by atoms with E-state index >= 15 is 0 Å². The molecule has 0 amide bonds. The minimum atomic E-state index is -0.394. The first kappa shape index (κ1) is 15.4. The Kier molecular flexibility index (Phi) is 4.57. The van der Waals surface area contributed by atoms with Crippen molar-refractivity contribution in [2.24, 2.45) is 0 Å². The van der Waals surface area contributed by atoms with E-state index < -0.39 is 4.92 Å². The molecule has 0 atom stereocenters. The van der Waals surface area contributed by atoms with Crippen LogP contribution >= 0.6 is 15.9 Å². The third-order valence-electron chi connectivity index (χ3n) is 3.21. The van der Waals surface area contributed by atoms with Gasteiger partial charge in [0.05, 0.1) is 9.40 Å². The van der Waals surface area contributed by atoms with E-state index in [9.17, 15) is 14.5 Å². The summed E-state index contributed by atoms with van der Waals surface area (Å²) in [5.74, 6) is -0.319. The van der Waals surface area contributed by atoms with E-state index in [1.807, 2.05) is 6.92 Å². The Hall–Kier alpha value is -1.95. The zero-order valence-electron chi connectivity index (χ0n) is 11.6. The highest BCUT2D eigenvalue weighted by Gasteiger charge is 2.13. The average Bonchev–Trinajstić information content (AvgIpc) is 2.41. The van der Waals surface area contributed by atoms with Crippen LogP contribution in [-0.4, -0.2) is 4.92 Å². The summed E-state index contributed by atoms with van der Waals surface area (Å²) in [6.45, 7) is 4.06. The van der Waals surface area contributed by atoms with Gasteiger partial charge in [0.25, 0.3) is 5.69 Å². The van der Waals surface area contributed by atoms with Gasteiger partial charge < -0.3 is 5.32 Å². The van der Waals surface area contributed by atoms with Crippen molar-refractivity contribution in [3.63, 3.8) is 0 Å². The number of nitro benzene ring substituents is 1. The fraction of sp³-hybridized carbons (Fsp3) is 0.200. The molecule has 0 aliphatic rings. The molecule has 0 bridgehead atoms. The summed E-state index contributed by atoms with van der Waals surface area (Å²) in [5.41, 5.74) is 3.23. The second-order valence-electron chi connectivity index (χ2n) is 4.81. The van der Waals surface area contributed by atoms with Crippen molar-refractivity contribution in [2.75, 3.05) is 5.32 Å². The Balaban J connectivity index is 2.21. The van der Waals surface area contributed by atoms with E-state index in [1.165, 1.54) is 12.1 Å². The molecule has 0 unspecified atom stereocenters. The molecule has 0 fully saturated rings. The second-order valence-corrected chi connectivity index (χ2v) is 5.67. The zero-order valence-corrected chi connectivity index (χ0v) is 13.2. The Labute approximate surface area is 130 Å². The van der Waals surface area contributed by atoms with Crippen molar-refractivity contribution < 1.29 is 9.31 Å². The molecule has 0 radical (unpaired) electrons. The molecule has 0 saturated carbocycles. The summed E-state index contributed by atoms with van der Waals surface area (Å²) in [4.78, 5) is 10.6. The van der Waals surface area contributed by atoms with Crippen LogP contribution in [0, 0.1) is 29.8 Å². The molecule has 0 spiro atoms. The molecule has 0 aromatic heterocycles. The highest BCUT2D eigenvalue weighted by Crippen LogP contribution is 2.27. The molecule has 2 aromatic rings. The van der Waals surface area contributed by atoms with E-state index in [1.54, 1.807) is 25.1 Å². The van der Waals surface area contributed by atoms with Gasteiger partial charge in [0, 0.05) is 23.9 Å². The van der Waals surface area contributed by atoms with Gasteiger partial charge in [-0.3, -0.25) is 10.1 Å². The van der Waals surface area contributed by atoms with Crippen LogP contribution in [-0.2, 0) is 6.54 Å². The average molecular weight is 353 g/mol. The summed E-state index contributed by atoms with van der Waals surface area (Å²) in [6, 6.07) is 8.04. The molecular formula is C15H14BrFN2O2. The Morgan fingerprint density at radius 1 is 1.24 bits per heavy atom. The minimum Gasteiger partial charge on any atom is -0.381 e. The number of hydrogen-bond donors (Lipinski definition) is 1. The zero-order chi connectivity index (χ0) is 15.6. The van der Waals surface area contributed by atoms with Gasteiger partial charge in [-0.15, -0.1) is 0 Å². The van der Waals surface area contributed by atoms with E-state index in [2.05, 4.69) is 21.2 Å². The van der Waals surface area contributed by atoms with Crippen LogP contribution in [0.3, 0.4) is 0 Å². The molecule has 4 nitrogen and oxygen atoms in total. The lowest BCUT2D eigenvalue weighted by atomic mass is 10.1. The Morgan fingerprint density at radius 2 is 1.95 bits per heavy atom. The maximum Gasteiger partial charge on any atom is 0.274 e. The highest BCUT2D eigenvalue weighted by atomic mass is 79.9. The van der Waals surface area contributed by atoms with Crippen molar-refractivity contribution in [3.8, 4) is 0 Å². The van der Waals surface area contributed by atoms with Crippen LogP contribution < -0.4 is 5.32 Å². The monoisotopic (exact) mass is 352 g/mol. The smallest absolute Gasteiger partial charge is 0.274 e. The van der Waals surface area contributed by atoms with Gasteiger partial charge in [0.2, 0.25) is 0 Å².